The number of hydrogen-bond donors (Lipinski definition) is 2. The van der Waals surface area contributed by atoms with Crippen LogP contribution in [0.15, 0.2) is 24.3 Å². The topological polar surface area (TPSA) is 58.2 Å². The average molecular weight is 389 g/mol. The van der Waals surface area contributed by atoms with Crippen LogP contribution in [-0.2, 0) is 9.59 Å². The van der Waals surface area contributed by atoms with Gasteiger partial charge in [-0.3, -0.25) is 9.59 Å². The van der Waals surface area contributed by atoms with Crippen LogP contribution >= 0.6 is 0 Å². The molecule has 0 bridgehead atoms. The van der Waals surface area contributed by atoms with Crippen LogP contribution in [0.1, 0.15) is 97.8 Å². The van der Waals surface area contributed by atoms with Crippen LogP contribution in [0.5, 0.6) is 0 Å². The van der Waals surface area contributed by atoms with E-state index in [0.717, 1.165) is 18.5 Å². The van der Waals surface area contributed by atoms with Gasteiger partial charge in [0.05, 0.1) is 0 Å². The zero-order chi connectivity index (χ0) is 20.6. The van der Waals surface area contributed by atoms with E-state index in [2.05, 4.69) is 17.6 Å². The molecule has 0 spiro atoms. The second kappa shape index (κ2) is 15.1. The van der Waals surface area contributed by atoms with Crippen LogP contribution in [-0.4, -0.2) is 11.8 Å². The van der Waals surface area contributed by atoms with E-state index in [9.17, 15) is 9.59 Å². The van der Waals surface area contributed by atoms with E-state index in [1.807, 2.05) is 32.0 Å². The first-order valence-corrected chi connectivity index (χ1v) is 11.2. The second-order valence-corrected chi connectivity index (χ2v) is 8.06. The molecule has 158 valence electrons. The lowest BCUT2D eigenvalue weighted by molar-refractivity contribution is -0.119. The minimum Gasteiger partial charge on any atom is -0.326 e. The number of anilines is 2. The van der Waals surface area contributed by atoms with Crippen molar-refractivity contribution >= 4 is 23.2 Å². The molecule has 4 heteroatoms. The monoisotopic (exact) mass is 388 g/mol. The Kier molecular flexibility index (Phi) is 13.1. The third-order valence-corrected chi connectivity index (χ3v) is 4.95. The van der Waals surface area contributed by atoms with Crippen molar-refractivity contribution in [2.75, 3.05) is 10.6 Å². The predicted molar refractivity (Wildman–Crippen MR) is 120 cm³/mol. The predicted octanol–water partition coefficient (Wildman–Crippen LogP) is 6.92. The normalized spacial score (nSPS) is 10.9. The van der Waals surface area contributed by atoms with Gasteiger partial charge in [-0.25, -0.2) is 0 Å². The molecule has 0 saturated carbocycles. The molecular weight excluding hydrogens is 348 g/mol. The molecule has 0 aliphatic carbocycles. The van der Waals surface area contributed by atoms with Crippen molar-refractivity contribution in [3.05, 3.63) is 24.3 Å². The van der Waals surface area contributed by atoms with Crippen LogP contribution in [0.2, 0.25) is 0 Å². The number of hydrogen-bond acceptors (Lipinski definition) is 2. The highest BCUT2D eigenvalue weighted by molar-refractivity contribution is 5.94. The highest BCUT2D eigenvalue weighted by Gasteiger charge is 2.08. The van der Waals surface area contributed by atoms with Crippen molar-refractivity contribution in [1.82, 2.24) is 0 Å². The Labute approximate surface area is 171 Å². The van der Waals surface area contributed by atoms with Gasteiger partial charge in [0.2, 0.25) is 11.8 Å². The van der Waals surface area contributed by atoms with Crippen molar-refractivity contribution in [3.63, 3.8) is 0 Å². The lowest BCUT2D eigenvalue weighted by atomic mass is 10.1. The summed E-state index contributed by atoms with van der Waals surface area (Å²) in [6.07, 6.45) is 14.6. The summed E-state index contributed by atoms with van der Waals surface area (Å²) in [6.45, 7) is 5.97. The minimum atomic E-state index is -0.0701. The fourth-order valence-corrected chi connectivity index (χ4v) is 3.13. The lowest BCUT2D eigenvalue weighted by Gasteiger charge is -2.10. The molecule has 2 N–H and O–H groups in total. The summed E-state index contributed by atoms with van der Waals surface area (Å²) in [5, 5.41) is 5.79. The molecule has 0 aliphatic heterocycles. The number of benzene rings is 1. The molecule has 0 unspecified atom stereocenters. The molecule has 0 aliphatic rings. The molecule has 1 aromatic rings. The van der Waals surface area contributed by atoms with Gasteiger partial charge < -0.3 is 10.6 Å². The zero-order valence-electron chi connectivity index (χ0n) is 18.2. The second-order valence-electron chi connectivity index (χ2n) is 8.06. The Morgan fingerprint density at radius 1 is 0.786 bits per heavy atom. The van der Waals surface area contributed by atoms with Gasteiger partial charge >= 0.3 is 0 Å². The lowest BCUT2D eigenvalue weighted by Crippen LogP contribution is -2.18. The number of amides is 2. The van der Waals surface area contributed by atoms with Crippen molar-refractivity contribution in [2.24, 2.45) is 5.92 Å². The van der Waals surface area contributed by atoms with Crippen molar-refractivity contribution < 1.29 is 9.59 Å². The van der Waals surface area contributed by atoms with Crippen LogP contribution in [0.25, 0.3) is 0 Å². The SMILES string of the molecule is CCCCCCCCCCCCCC(=O)Nc1cccc(NC(=O)C(C)C)c1. The van der Waals surface area contributed by atoms with Crippen molar-refractivity contribution in [3.8, 4) is 0 Å². The average Bonchev–Trinajstić information content (AvgIpc) is 2.66. The highest BCUT2D eigenvalue weighted by atomic mass is 16.2. The molecule has 4 nitrogen and oxygen atoms in total. The Hall–Kier alpha value is -1.84. The van der Waals surface area contributed by atoms with Crippen molar-refractivity contribution in [2.45, 2.75) is 97.8 Å². The highest BCUT2D eigenvalue weighted by Crippen LogP contribution is 2.17. The molecule has 0 saturated heterocycles. The smallest absolute Gasteiger partial charge is 0.226 e. The maximum absolute atomic E-state index is 12.1. The summed E-state index contributed by atoms with van der Waals surface area (Å²) in [5.41, 5.74) is 1.45. The fraction of sp³-hybridized carbons (Fsp3) is 0.667. The van der Waals surface area contributed by atoms with Gasteiger partial charge in [0, 0.05) is 23.7 Å². The largest absolute Gasteiger partial charge is 0.326 e. The zero-order valence-corrected chi connectivity index (χ0v) is 18.2. The molecule has 0 heterocycles. The number of unbranched alkanes of at least 4 members (excludes halogenated alkanes) is 10. The molecule has 1 aromatic carbocycles. The van der Waals surface area contributed by atoms with E-state index in [4.69, 9.17) is 0 Å². The number of carbonyl (C=O) groups excluding carboxylic acids is 2. The van der Waals surface area contributed by atoms with E-state index < -0.39 is 0 Å². The standard InChI is InChI=1S/C24H40N2O2/c1-4-5-6-7-8-9-10-11-12-13-14-18-23(27)25-21-16-15-17-22(19-21)26-24(28)20(2)3/h15-17,19-20H,4-14,18H2,1-3H3,(H,25,27)(H,26,28). The van der Waals surface area contributed by atoms with E-state index in [1.54, 1.807) is 6.07 Å². The van der Waals surface area contributed by atoms with Gasteiger partial charge in [-0.2, -0.15) is 0 Å². The summed E-state index contributed by atoms with van der Waals surface area (Å²) in [4.78, 5) is 23.9. The summed E-state index contributed by atoms with van der Waals surface area (Å²) >= 11 is 0. The third kappa shape index (κ3) is 11.8. The van der Waals surface area contributed by atoms with Gasteiger partial charge in [-0.05, 0) is 24.6 Å². The van der Waals surface area contributed by atoms with Crippen LogP contribution in [0.4, 0.5) is 11.4 Å². The Morgan fingerprint density at radius 2 is 1.29 bits per heavy atom. The van der Waals surface area contributed by atoms with Gasteiger partial charge in [-0.15, -0.1) is 0 Å². The first-order chi connectivity index (χ1) is 13.5. The number of nitrogens with one attached hydrogen (secondary N) is 2. The van der Waals surface area contributed by atoms with Gasteiger partial charge in [0.1, 0.15) is 0 Å². The molecule has 0 atom stereocenters. The molecule has 1 rings (SSSR count). The van der Waals surface area contributed by atoms with E-state index >= 15 is 0 Å². The quantitative estimate of drug-likeness (QED) is 0.320. The third-order valence-electron chi connectivity index (χ3n) is 4.95. The molecule has 0 aromatic heterocycles. The van der Waals surface area contributed by atoms with Crippen molar-refractivity contribution in [1.29, 1.82) is 0 Å². The Balaban J connectivity index is 2.11. The molecule has 28 heavy (non-hydrogen) atoms. The number of rotatable bonds is 15. The Bertz CT molecular complexity index is 569. The maximum Gasteiger partial charge on any atom is 0.226 e. The molecule has 0 fully saturated rings. The summed E-state index contributed by atoms with van der Waals surface area (Å²) < 4.78 is 0. The molecular formula is C24H40N2O2. The van der Waals surface area contributed by atoms with Gasteiger partial charge in [0.25, 0.3) is 0 Å². The first-order valence-electron chi connectivity index (χ1n) is 11.2. The first kappa shape index (κ1) is 24.2. The fourth-order valence-electron chi connectivity index (χ4n) is 3.13. The van der Waals surface area contributed by atoms with Crippen LogP contribution in [0.3, 0.4) is 0 Å². The van der Waals surface area contributed by atoms with E-state index in [1.165, 1.54) is 57.8 Å². The van der Waals surface area contributed by atoms with Gasteiger partial charge in [0.15, 0.2) is 0 Å². The molecule has 2 amide bonds. The summed E-state index contributed by atoms with van der Waals surface area (Å²) in [7, 11) is 0. The minimum absolute atomic E-state index is 0.0237. The number of carbonyl (C=O) groups is 2. The van der Waals surface area contributed by atoms with Crippen LogP contribution in [0, 0.1) is 5.92 Å². The summed E-state index contributed by atoms with van der Waals surface area (Å²) in [5.74, 6) is -0.0491. The molecule has 0 radical (unpaired) electrons. The van der Waals surface area contributed by atoms with Gasteiger partial charge in [-0.1, -0.05) is 91.0 Å². The van der Waals surface area contributed by atoms with E-state index in [0.29, 0.717) is 12.1 Å². The van der Waals surface area contributed by atoms with Crippen LogP contribution < -0.4 is 10.6 Å². The maximum atomic E-state index is 12.1. The summed E-state index contributed by atoms with van der Waals surface area (Å²) in [6, 6.07) is 7.33. The Morgan fingerprint density at radius 3 is 1.82 bits per heavy atom. The van der Waals surface area contributed by atoms with E-state index in [-0.39, 0.29) is 17.7 Å².